The minimum absolute atomic E-state index is 0.645. The normalized spacial score (nSPS) is 27.0. The average molecular weight is 253 g/mol. The molecule has 2 rings (SSSR count). The molecule has 1 aliphatic carbocycles. The van der Waals surface area contributed by atoms with Crippen molar-refractivity contribution in [3.63, 3.8) is 0 Å². The first kappa shape index (κ1) is 14.3. The van der Waals surface area contributed by atoms with E-state index < -0.39 is 0 Å². The minimum Gasteiger partial charge on any atom is -0.330 e. The second-order valence-electron chi connectivity index (χ2n) is 6.32. The molecule has 1 saturated carbocycles. The lowest BCUT2D eigenvalue weighted by molar-refractivity contribution is 0.157. The summed E-state index contributed by atoms with van der Waals surface area (Å²) in [6.45, 7) is 9.40. The maximum atomic E-state index is 5.74. The zero-order valence-corrected chi connectivity index (χ0v) is 12.1. The molecule has 0 spiro atoms. The lowest BCUT2D eigenvalue weighted by Crippen LogP contribution is -2.40. The predicted octanol–water partition coefficient (Wildman–Crippen LogP) is 1.92. The van der Waals surface area contributed by atoms with Crippen molar-refractivity contribution >= 4 is 0 Å². The Kier molecular flexibility index (Phi) is 5.93. The third kappa shape index (κ3) is 4.22. The van der Waals surface area contributed by atoms with Crippen molar-refractivity contribution in [1.29, 1.82) is 0 Å². The standard InChI is InChI=1S/C15H31N3/c1-14(12-16)13-17-8-5-9-18(11-10-17)15-6-3-2-4-7-15/h14-15H,2-13,16H2,1H3. The largest absolute Gasteiger partial charge is 0.330 e. The van der Waals surface area contributed by atoms with Crippen LogP contribution in [0.2, 0.25) is 0 Å². The van der Waals surface area contributed by atoms with E-state index in [0.29, 0.717) is 5.92 Å². The van der Waals surface area contributed by atoms with E-state index in [-0.39, 0.29) is 0 Å². The molecule has 1 atom stereocenters. The molecule has 1 saturated heterocycles. The second-order valence-corrected chi connectivity index (χ2v) is 6.32. The molecule has 1 unspecified atom stereocenters. The van der Waals surface area contributed by atoms with Crippen LogP contribution in [0.5, 0.6) is 0 Å². The van der Waals surface area contributed by atoms with Gasteiger partial charge in [0.25, 0.3) is 0 Å². The van der Waals surface area contributed by atoms with Gasteiger partial charge in [-0.05, 0) is 44.8 Å². The van der Waals surface area contributed by atoms with E-state index in [4.69, 9.17) is 5.73 Å². The SMILES string of the molecule is CC(CN)CN1CCCN(C2CCCCC2)CC1. The van der Waals surface area contributed by atoms with Crippen molar-refractivity contribution in [1.82, 2.24) is 9.80 Å². The Labute approximate surface area is 113 Å². The van der Waals surface area contributed by atoms with E-state index in [1.54, 1.807) is 0 Å². The molecule has 1 aliphatic heterocycles. The molecule has 2 N–H and O–H groups in total. The smallest absolute Gasteiger partial charge is 0.0112 e. The first-order chi connectivity index (χ1) is 8.79. The lowest BCUT2D eigenvalue weighted by atomic mass is 9.94. The van der Waals surface area contributed by atoms with Crippen LogP contribution >= 0.6 is 0 Å². The van der Waals surface area contributed by atoms with E-state index in [1.165, 1.54) is 71.2 Å². The van der Waals surface area contributed by atoms with E-state index in [0.717, 1.165) is 12.6 Å². The summed E-state index contributed by atoms with van der Waals surface area (Å²) in [5.74, 6) is 0.645. The van der Waals surface area contributed by atoms with Gasteiger partial charge in [-0.3, -0.25) is 4.90 Å². The third-order valence-electron chi connectivity index (χ3n) is 4.69. The van der Waals surface area contributed by atoms with Crippen molar-refractivity contribution in [2.75, 3.05) is 39.3 Å². The lowest BCUT2D eigenvalue weighted by Gasteiger charge is -2.33. The fourth-order valence-electron chi connectivity index (χ4n) is 3.50. The Morgan fingerprint density at radius 1 is 1.00 bits per heavy atom. The Morgan fingerprint density at radius 2 is 1.78 bits per heavy atom. The van der Waals surface area contributed by atoms with Crippen molar-refractivity contribution in [3.05, 3.63) is 0 Å². The van der Waals surface area contributed by atoms with Crippen LogP contribution in [0.25, 0.3) is 0 Å². The maximum Gasteiger partial charge on any atom is 0.0112 e. The third-order valence-corrected chi connectivity index (χ3v) is 4.69. The van der Waals surface area contributed by atoms with Crippen LogP contribution in [0, 0.1) is 5.92 Å². The maximum absolute atomic E-state index is 5.74. The van der Waals surface area contributed by atoms with E-state index in [1.807, 2.05) is 0 Å². The Hall–Kier alpha value is -0.120. The van der Waals surface area contributed by atoms with Crippen LogP contribution in [-0.2, 0) is 0 Å². The summed E-state index contributed by atoms with van der Waals surface area (Å²) in [7, 11) is 0. The molecule has 2 aliphatic rings. The molecule has 0 radical (unpaired) electrons. The van der Waals surface area contributed by atoms with Gasteiger partial charge >= 0.3 is 0 Å². The summed E-state index contributed by atoms with van der Waals surface area (Å²) in [6.07, 6.45) is 8.60. The summed E-state index contributed by atoms with van der Waals surface area (Å²) < 4.78 is 0. The van der Waals surface area contributed by atoms with Crippen LogP contribution in [0.15, 0.2) is 0 Å². The molecule has 3 heteroatoms. The van der Waals surface area contributed by atoms with Gasteiger partial charge in [-0.15, -0.1) is 0 Å². The summed E-state index contributed by atoms with van der Waals surface area (Å²) in [5.41, 5.74) is 5.74. The van der Waals surface area contributed by atoms with Gasteiger partial charge in [0.05, 0.1) is 0 Å². The highest BCUT2D eigenvalue weighted by Crippen LogP contribution is 2.23. The second kappa shape index (κ2) is 7.46. The summed E-state index contributed by atoms with van der Waals surface area (Å²) in [6, 6.07) is 0.894. The highest BCUT2D eigenvalue weighted by Gasteiger charge is 2.23. The summed E-state index contributed by atoms with van der Waals surface area (Å²) in [5, 5.41) is 0. The molecule has 3 nitrogen and oxygen atoms in total. The van der Waals surface area contributed by atoms with Crippen LogP contribution in [0.3, 0.4) is 0 Å². The van der Waals surface area contributed by atoms with Gasteiger partial charge in [0.15, 0.2) is 0 Å². The molecule has 106 valence electrons. The highest BCUT2D eigenvalue weighted by molar-refractivity contribution is 4.79. The van der Waals surface area contributed by atoms with E-state index in [2.05, 4.69) is 16.7 Å². The highest BCUT2D eigenvalue weighted by atomic mass is 15.2. The number of hydrogen-bond acceptors (Lipinski definition) is 3. The predicted molar refractivity (Wildman–Crippen MR) is 77.7 cm³/mol. The van der Waals surface area contributed by atoms with Crippen molar-refractivity contribution < 1.29 is 0 Å². The van der Waals surface area contributed by atoms with Gasteiger partial charge in [0.2, 0.25) is 0 Å². The topological polar surface area (TPSA) is 32.5 Å². The first-order valence-electron chi connectivity index (χ1n) is 7.96. The summed E-state index contributed by atoms with van der Waals surface area (Å²) >= 11 is 0. The van der Waals surface area contributed by atoms with E-state index in [9.17, 15) is 0 Å². The van der Waals surface area contributed by atoms with Crippen molar-refractivity contribution in [3.8, 4) is 0 Å². The minimum atomic E-state index is 0.645. The monoisotopic (exact) mass is 253 g/mol. The zero-order chi connectivity index (χ0) is 12.8. The molecule has 0 aromatic carbocycles. The van der Waals surface area contributed by atoms with Crippen LogP contribution in [0.4, 0.5) is 0 Å². The molecule has 0 aromatic rings. The molecule has 0 bridgehead atoms. The van der Waals surface area contributed by atoms with Gasteiger partial charge in [-0.25, -0.2) is 0 Å². The molecule has 0 amide bonds. The van der Waals surface area contributed by atoms with Gasteiger partial charge in [0.1, 0.15) is 0 Å². The first-order valence-corrected chi connectivity index (χ1v) is 7.96. The average Bonchev–Trinajstić information content (AvgIpc) is 2.65. The Balaban J connectivity index is 1.76. The molecule has 1 heterocycles. The number of rotatable bonds is 4. The number of nitrogens with zero attached hydrogens (tertiary/aromatic N) is 2. The Morgan fingerprint density at radius 3 is 2.50 bits per heavy atom. The number of nitrogens with two attached hydrogens (primary N) is 1. The fourth-order valence-corrected chi connectivity index (χ4v) is 3.50. The zero-order valence-electron chi connectivity index (χ0n) is 12.1. The van der Waals surface area contributed by atoms with Gasteiger partial charge in [-0.1, -0.05) is 26.2 Å². The molecule has 18 heavy (non-hydrogen) atoms. The Bertz CT molecular complexity index is 226. The molecular weight excluding hydrogens is 222 g/mol. The number of hydrogen-bond donors (Lipinski definition) is 1. The van der Waals surface area contributed by atoms with Gasteiger partial charge in [0, 0.05) is 25.7 Å². The molecule has 2 fully saturated rings. The van der Waals surface area contributed by atoms with Crippen LogP contribution < -0.4 is 5.73 Å². The van der Waals surface area contributed by atoms with Crippen molar-refractivity contribution in [2.24, 2.45) is 11.7 Å². The van der Waals surface area contributed by atoms with E-state index >= 15 is 0 Å². The van der Waals surface area contributed by atoms with Crippen molar-refractivity contribution in [2.45, 2.75) is 51.5 Å². The fraction of sp³-hybridized carbons (Fsp3) is 1.00. The quantitative estimate of drug-likeness (QED) is 0.831. The molecule has 0 aromatic heterocycles. The molecular formula is C15H31N3. The van der Waals surface area contributed by atoms with Crippen LogP contribution in [0.1, 0.15) is 45.4 Å². The van der Waals surface area contributed by atoms with Gasteiger partial charge in [-0.2, -0.15) is 0 Å². The van der Waals surface area contributed by atoms with Gasteiger partial charge < -0.3 is 10.6 Å². The van der Waals surface area contributed by atoms with Crippen LogP contribution in [-0.4, -0.2) is 55.1 Å². The summed E-state index contributed by atoms with van der Waals surface area (Å²) in [4.78, 5) is 5.40.